The van der Waals surface area contributed by atoms with Crippen molar-refractivity contribution in [1.82, 2.24) is 0 Å². The topological polar surface area (TPSA) is 26.3 Å². The Bertz CT molecular complexity index is 416. The molecule has 2 atom stereocenters. The quantitative estimate of drug-likeness (QED) is 0.602. The highest BCUT2D eigenvalue weighted by Gasteiger charge is 2.78. The van der Waals surface area contributed by atoms with Gasteiger partial charge in [0.05, 0.1) is 7.11 Å². The van der Waals surface area contributed by atoms with Gasteiger partial charge in [-0.15, -0.1) is 0 Å². The highest BCUT2D eigenvalue weighted by Crippen LogP contribution is 2.74. The van der Waals surface area contributed by atoms with E-state index in [9.17, 15) is 4.79 Å². The normalized spacial score (nSPS) is 30.9. The van der Waals surface area contributed by atoms with Gasteiger partial charge in [-0.2, -0.15) is 0 Å². The third-order valence-electron chi connectivity index (χ3n) is 3.29. The van der Waals surface area contributed by atoms with E-state index in [4.69, 9.17) is 27.9 Å². The summed E-state index contributed by atoms with van der Waals surface area (Å²) in [5, 5.41) is 0. The van der Waals surface area contributed by atoms with Crippen molar-refractivity contribution in [3.63, 3.8) is 0 Å². The van der Waals surface area contributed by atoms with Gasteiger partial charge in [0.2, 0.25) is 0 Å². The standard InChI is InChI=1S/C12H12Cl2O2/c1-11(10(15)16-2)9(12(11,13)14)8-6-4-3-5-7-8/h3-7,9H,1-2H3/t9-,11+/m0/s1. The van der Waals surface area contributed by atoms with Crippen molar-refractivity contribution in [3.8, 4) is 0 Å². The van der Waals surface area contributed by atoms with Crippen LogP contribution in [0.25, 0.3) is 0 Å². The van der Waals surface area contributed by atoms with E-state index in [1.165, 1.54) is 7.11 Å². The molecule has 1 fully saturated rings. The first-order valence-electron chi connectivity index (χ1n) is 4.97. The van der Waals surface area contributed by atoms with E-state index in [1.54, 1.807) is 6.92 Å². The number of carbonyl (C=O) groups is 1. The maximum absolute atomic E-state index is 11.7. The van der Waals surface area contributed by atoms with Crippen molar-refractivity contribution < 1.29 is 9.53 Å². The summed E-state index contributed by atoms with van der Waals surface area (Å²) >= 11 is 12.4. The lowest BCUT2D eigenvalue weighted by Gasteiger charge is -2.08. The number of benzene rings is 1. The van der Waals surface area contributed by atoms with Crippen LogP contribution in [-0.4, -0.2) is 17.4 Å². The predicted molar refractivity (Wildman–Crippen MR) is 63.7 cm³/mol. The summed E-state index contributed by atoms with van der Waals surface area (Å²) in [6, 6.07) is 9.53. The second-order valence-corrected chi connectivity index (χ2v) is 5.55. The Morgan fingerprint density at radius 2 is 1.88 bits per heavy atom. The van der Waals surface area contributed by atoms with Gasteiger partial charge in [0.25, 0.3) is 0 Å². The van der Waals surface area contributed by atoms with Crippen LogP contribution in [0.4, 0.5) is 0 Å². The second-order valence-electron chi connectivity index (χ2n) is 4.16. The molecule has 0 bridgehead atoms. The minimum Gasteiger partial charge on any atom is -0.468 e. The van der Waals surface area contributed by atoms with Crippen LogP contribution in [0.5, 0.6) is 0 Å². The molecule has 0 N–H and O–H groups in total. The third kappa shape index (κ3) is 1.36. The Kier molecular flexibility index (Phi) is 2.67. The molecule has 0 amide bonds. The third-order valence-corrected chi connectivity index (χ3v) is 4.51. The molecule has 0 radical (unpaired) electrons. The number of halogens is 2. The monoisotopic (exact) mass is 258 g/mol. The highest BCUT2D eigenvalue weighted by molar-refractivity contribution is 6.54. The molecule has 0 aliphatic heterocycles. The molecule has 1 aliphatic carbocycles. The van der Waals surface area contributed by atoms with Gasteiger partial charge in [-0.1, -0.05) is 53.5 Å². The zero-order chi connectivity index (χ0) is 12.0. The Morgan fingerprint density at radius 3 is 2.38 bits per heavy atom. The van der Waals surface area contributed by atoms with Crippen LogP contribution >= 0.6 is 23.2 Å². The Labute approximate surface area is 104 Å². The fourth-order valence-electron chi connectivity index (χ4n) is 2.19. The summed E-state index contributed by atoms with van der Waals surface area (Å²) in [6.07, 6.45) is 0. The van der Waals surface area contributed by atoms with Crippen molar-refractivity contribution in [3.05, 3.63) is 35.9 Å². The van der Waals surface area contributed by atoms with Crippen molar-refractivity contribution in [2.24, 2.45) is 5.41 Å². The lowest BCUT2D eigenvalue weighted by Crippen LogP contribution is -2.20. The first kappa shape index (κ1) is 11.7. The Balaban J connectivity index is 2.36. The van der Waals surface area contributed by atoms with Crippen LogP contribution in [0.15, 0.2) is 30.3 Å². The molecule has 1 aromatic rings. The number of hydrogen-bond donors (Lipinski definition) is 0. The number of alkyl halides is 2. The molecule has 16 heavy (non-hydrogen) atoms. The molecule has 2 nitrogen and oxygen atoms in total. The summed E-state index contributed by atoms with van der Waals surface area (Å²) in [7, 11) is 1.35. The minimum absolute atomic E-state index is 0.211. The molecule has 1 aromatic carbocycles. The van der Waals surface area contributed by atoms with Gasteiger partial charge in [0.15, 0.2) is 0 Å². The maximum atomic E-state index is 11.7. The molecule has 4 heteroatoms. The fourth-order valence-corrected chi connectivity index (χ4v) is 3.14. The highest BCUT2D eigenvalue weighted by atomic mass is 35.5. The lowest BCUT2D eigenvalue weighted by molar-refractivity contribution is -0.146. The molecule has 86 valence electrons. The zero-order valence-corrected chi connectivity index (χ0v) is 10.5. The van der Waals surface area contributed by atoms with E-state index in [0.29, 0.717) is 0 Å². The van der Waals surface area contributed by atoms with E-state index in [0.717, 1.165) is 5.56 Å². The number of esters is 1. The fraction of sp³-hybridized carbons (Fsp3) is 0.417. The number of carbonyl (C=O) groups excluding carboxylic acids is 1. The molecule has 1 saturated carbocycles. The Morgan fingerprint density at radius 1 is 1.31 bits per heavy atom. The summed E-state index contributed by atoms with van der Waals surface area (Å²) < 4.78 is 3.67. The number of hydrogen-bond acceptors (Lipinski definition) is 2. The van der Waals surface area contributed by atoms with Gasteiger partial charge in [0.1, 0.15) is 9.75 Å². The average Bonchev–Trinajstić information content (AvgIpc) is 2.74. The predicted octanol–water partition coefficient (Wildman–Crippen LogP) is 3.14. The van der Waals surface area contributed by atoms with Gasteiger partial charge < -0.3 is 4.74 Å². The van der Waals surface area contributed by atoms with Crippen LogP contribution in [0, 0.1) is 5.41 Å². The van der Waals surface area contributed by atoms with Gasteiger partial charge in [-0.3, -0.25) is 4.79 Å². The van der Waals surface area contributed by atoms with Crippen molar-refractivity contribution in [1.29, 1.82) is 0 Å². The van der Waals surface area contributed by atoms with Crippen LogP contribution in [0.2, 0.25) is 0 Å². The van der Waals surface area contributed by atoms with Crippen molar-refractivity contribution >= 4 is 29.2 Å². The average molecular weight is 259 g/mol. The van der Waals surface area contributed by atoms with Crippen LogP contribution in [0.1, 0.15) is 18.4 Å². The van der Waals surface area contributed by atoms with E-state index in [1.807, 2.05) is 30.3 Å². The van der Waals surface area contributed by atoms with Crippen LogP contribution < -0.4 is 0 Å². The smallest absolute Gasteiger partial charge is 0.315 e. The number of methoxy groups -OCH3 is 1. The number of ether oxygens (including phenoxy) is 1. The summed E-state index contributed by atoms with van der Waals surface area (Å²) in [6.45, 7) is 1.73. The first-order valence-corrected chi connectivity index (χ1v) is 5.73. The first-order chi connectivity index (χ1) is 7.46. The second kappa shape index (κ2) is 3.64. The molecular weight excluding hydrogens is 247 g/mol. The zero-order valence-electron chi connectivity index (χ0n) is 9.04. The molecule has 1 aliphatic rings. The lowest BCUT2D eigenvalue weighted by atomic mass is 10.0. The van der Waals surface area contributed by atoms with Crippen molar-refractivity contribution in [2.75, 3.05) is 7.11 Å². The van der Waals surface area contributed by atoms with Gasteiger partial charge in [-0.05, 0) is 12.5 Å². The van der Waals surface area contributed by atoms with E-state index >= 15 is 0 Å². The van der Waals surface area contributed by atoms with E-state index in [-0.39, 0.29) is 11.9 Å². The van der Waals surface area contributed by atoms with Crippen LogP contribution in [0.3, 0.4) is 0 Å². The van der Waals surface area contributed by atoms with Gasteiger partial charge in [-0.25, -0.2) is 0 Å². The molecule has 0 saturated heterocycles. The summed E-state index contributed by atoms with van der Waals surface area (Å²) in [4.78, 5) is 11.7. The van der Waals surface area contributed by atoms with Gasteiger partial charge in [0, 0.05) is 5.92 Å². The molecule has 0 heterocycles. The minimum atomic E-state index is -1.08. The Hall–Kier alpha value is -0.730. The van der Waals surface area contributed by atoms with Gasteiger partial charge >= 0.3 is 5.97 Å². The number of rotatable bonds is 2. The largest absolute Gasteiger partial charge is 0.468 e. The maximum Gasteiger partial charge on any atom is 0.315 e. The van der Waals surface area contributed by atoms with Crippen molar-refractivity contribution in [2.45, 2.75) is 17.2 Å². The SMILES string of the molecule is COC(=O)[C@@]1(C)[C@H](c2ccccc2)C1(Cl)Cl. The summed E-state index contributed by atoms with van der Waals surface area (Å²) in [5.74, 6) is -0.580. The van der Waals surface area contributed by atoms with Crippen LogP contribution in [-0.2, 0) is 9.53 Å². The molecule has 2 rings (SSSR count). The molecular formula is C12H12Cl2O2. The summed E-state index contributed by atoms with van der Waals surface area (Å²) in [5.41, 5.74) is 0.104. The molecule has 0 unspecified atom stereocenters. The van der Waals surface area contributed by atoms with E-state index < -0.39 is 9.75 Å². The molecule has 0 spiro atoms. The molecule has 0 aromatic heterocycles. The van der Waals surface area contributed by atoms with E-state index in [2.05, 4.69) is 0 Å².